The maximum Gasteiger partial charge on any atom is 0.227 e. The van der Waals surface area contributed by atoms with Gasteiger partial charge in [0.2, 0.25) is 11.8 Å². The monoisotopic (exact) mass is 375 g/mol. The fourth-order valence-corrected chi connectivity index (χ4v) is 2.92. The molecule has 25 heavy (non-hydrogen) atoms. The minimum atomic E-state index is -0.816. The zero-order valence-electron chi connectivity index (χ0n) is 14.3. The van der Waals surface area contributed by atoms with Crippen molar-refractivity contribution >= 4 is 29.9 Å². The van der Waals surface area contributed by atoms with Crippen LogP contribution in [0.2, 0.25) is 0 Å². The Kier molecular flexibility index (Phi) is 7.76. The smallest absolute Gasteiger partial charge is 0.227 e. The number of rotatable bonds is 6. The third-order valence-electron chi connectivity index (χ3n) is 4.08. The summed E-state index contributed by atoms with van der Waals surface area (Å²) in [6.45, 7) is 4.47. The van der Waals surface area contributed by atoms with Crippen molar-refractivity contribution in [2.24, 2.45) is 17.6 Å². The lowest BCUT2D eigenvalue weighted by Crippen LogP contribution is -2.44. The molecule has 2 atom stereocenters. The second-order valence-electron chi connectivity index (χ2n) is 6.57. The number of benzene rings is 1. The standard InChI is InChI=1S/C17H23F2N3O2.ClH/c1-10(2)5-13(8-20)21-17(24)11-6-16(23)22(9-11)15-4-3-12(18)7-14(15)19;/h3-4,7,10-11,13H,5-6,8-9,20H2,1-2H3,(H,21,24);1H. The number of carbonyl (C=O) groups excluding carboxylic acids is 2. The van der Waals surface area contributed by atoms with Crippen LogP contribution in [0.1, 0.15) is 26.7 Å². The molecule has 1 aromatic rings. The van der Waals surface area contributed by atoms with E-state index in [-0.39, 0.29) is 48.9 Å². The van der Waals surface area contributed by atoms with Crippen LogP contribution in [0.4, 0.5) is 14.5 Å². The number of nitrogens with zero attached hydrogens (tertiary/aromatic N) is 1. The number of carbonyl (C=O) groups is 2. The van der Waals surface area contributed by atoms with Gasteiger partial charge in [0.1, 0.15) is 11.6 Å². The molecule has 2 unspecified atom stereocenters. The molecule has 1 aliphatic heterocycles. The van der Waals surface area contributed by atoms with E-state index in [1.165, 1.54) is 11.0 Å². The summed E-state index contributed by atoms with van der Waals surface area (Å²) in [4.78, 5) is 25.7. The molecule has 0 spiro atoms. The number of nitrogens with two attached hydrogens (primary N) is 1. The van der Waals surface area contributed by atoms with Gasteiger partial charge in [-0.15, -0.1) is 12.4 Å². The highest BCUT2D eigenvalue weighted by Crippen LogP contribution is 2.28. The van der Waals surface area contributed by atoms with Crippen LogP contribution in [0, 0.1) is 23.5 Å². The first-order valence-corrected chi connectivity index (χ1v) is 8.07. The van der Waals surface area contributed by atoms with Crippen LogP contribution in [-0.2, 0) is 9.59 Å². The highest BCUT2D eigenvalue weighted by molar-refractivity contribution is 6.00. The first kappa shape index (κ1) is 21.3. The van der Waals surface area contributed by atoms with Crippen LogP contribution < -0.4 is 16.0 Å². The largest absolute Gasteiger partial charge is 0.352 e. The van der Waals surface area contributed by atoms with E-state index in [0.29, 0.717) is 12.5 Å². The van der Waals surface area contributed by atoms with Crippen molar-refractivity contribution in [2.45, 2.75) is 32.7 Å². The molecule has 1 aliphatic rings. The third-order valence-corrected chi connectivity index (χ3v) is 4.08. The molecule has 140 valence electrons. The van der Waals surface area contributed by atoms with Gasteiger partial charge in [0, 0.05) is 31.6 Å². The summed E-state index contributed by atoms with van der Waals surface area (Å²) < 4.78 is 26.9. The normalized spacial score (nSPS) is 18.2. The molecule has 1 saturated heterocycles. The molecule has 0 aliphatic carbocycles. The number of anilines is 1. The molecule has 0 bridgehead atoms. The number of hydrogen-bond acceptors (Lipinski definition) is 3. The summed E-state index contributed by atoms with van der Waals surface area (Å²) in [5.74, 6) is -2.32. The molecule has 3 N–H and O–H groups in total. The van der Waals surface area contributed by atoms with Crippen LogP contribution in [-0.4, -0.2) is 30.9 Å². The second-order valence-corrected chi connectivity index (χ2v) is 6.57. The lowest BCUT2D eigenvalue weighted by atomic mass is 10.0. The van der Waals surface area contributed by atoms with Gasteiger partial charge in [-0.3, -0.25) is 9.59 Å². The first-order chi connectivity index (χ1) is 11.3. The van der Waals surface area contributed by atoms with Crippen molar-refractivity contribution in [3.63, 3.8) is 0 Å². The molecule has 5 nitrogen and oxygen atoms in total. The van der Waals surface area contributed by atoms with Crippen LogP contribution in [0.25, 0.3) is 0 Å². The SMILES string of the molecule is CC(C)CC(CN)NC(=O)C1CC(=O)N(c2ccc(F)cc2F)C1.Cl. The molecular formula is C17H24ClF2N3O2. The van der Waals surface area contributed by atoms with Crippen LogP contribution >= 0.6 is 12.4 Å². The van der Waals surface area contributed by atoms with Crippen molar-refractivity contribution in [2.75, 3.05) is 18.0 Å². The van der Waals surface area contributed by atoms with Crippen molar-refractivity contribution < 1.29 is 18.4 Å². The number of halogens is 3. The predicted octanol–water partition coefficient (Wildman–Crippen LogP) is 2.23. The maximum absolute atomic E-state index is 13.9. The Bertz CT molecular complexity index is 628. The molecule has 1 heterocycles. The predicted molar refractivity (Wildman–Crippen MR) is 94.5 cm³/mol. The minimum Gasteiger partial charge on any atom is -0.352 e. The van der Waals surface area contributed by atoms with Gasteiger partial charge >= 0.3 is 0 Å². The Balaban J connectivity index is 0.00000312. The van der Waals surface area contributed by atoms with Gasteiger partial charge in [-0.25, -0.2) is 8.78 Å². The second kappa shape index (κ2) is 9.10. The third kappa shape index (κ3) is 5.37. The Morgan fingerprint density at radius 2 is 2.08 bits per heavy atom. The van der Waals surface area contributed by atoms with Gasteiger partial charge in [-0.05, 0) is 24.5 Å². The van der Waals surface area contributed by atoms with Gasteiger partial charge in [0.05, 0.1) is 11.6 Å². The average molecular weight is 376 g/mol. The summed E-state index contributed by atoms with van der Waals surface area (Å²) in [5.41, 5.74) is 5.67. The van der Waals surface area contributed by atoms with Crippen molar-refractivity contribution in [3.05, 3.63) is 29.8 Å². The number of nitrogens with one attached hydrogen (secondary N) is 1. The van der Waals surface area contributed by atoms with E-state index in [9.17, 15) is 18.4 Å². The van der Waals surface area contributed by atoms with Crippen LogP contribution in [0.15, 0.2) is 18.2 Å². The summed E-state index contributed by atoms with van der Waals surface area (Å²) in [7, 11) is 0. The topological polar surface area (TPSA) is 75.4 Å². The molecule has 0 radical (unpaired) electrons. The molecular weight excluding hydrogens is 352 g/mol. The minimum absolute atomic E-state index is 0. The summed E-state index contributed by atoms with van der Waals surface area (Å²) >= 11 is 0. The molecule has 2 rings (SSSR count). The van der Waals surface area contributed by atoms with E-state index >= 15 is 0 Å². The zero-order chi connectivity index (χ0) is 17.9. The highest BCUT2D eigenvalue weighted by Gasteiger charge is 2.36. The maximum atomic E-state index is 13.9. The number of hydrogen-bond donors (Lipinski definition) is 2. The number of amides is 2. The quantitative estimate of drug-likeness (QED) is 0.800. The summed E-state index contributed by atoms with van der Waals surface area (Å²) in [6.07, 6.45) is 0.751. The van der Waals surface area contributed by atoms with Gasteiger partial charge in [0.15, 0.2) is 0 Å². The molecule has 0 aromatic heterocycles. The van der Waals surface area contributed by atoms with Crippen LogP contribution in [0.5, 0.6) is 0 Å². The van der Waals surface area contributed by atoms with Gasteiger partial charge in [-0.2, -0.15) is 0 Å². The average Bonchev–Trinajstić information content (AvgIpc) is 2.88. The van der Waals surface area contributed by atoms with Crippen molar-refractivity contribution in [1.82, 2.24) is 5.32 Å². The summed E-state index contributed by atoms with van der Waals surface area (Å²) in [6, 6.07) is 2.88. The van der Waals surface area contributed by atoms with Crippen LogP contribution in [0.3, 0.4) is 0 Å². The molecule has 8 heteroatoms. The summed E-state index contributed by atoms with van der Waals surface area (Å²) in [5, 5.41) is 2.86. The Morgan fingerprint density at radius 1 is 1.40 bits per heavy atom. The fraction of sp³-hybridized carbons (Fsp3) is 0.529. The van der Waals surface area contributed by atoms with E-state index in [4.69, 9.17) is 5.73 Å². The van der Waals surface area contributed by atoms with E-state index < -0.39 is 17.6 Å². The van der Waals surface area contributed by atoms with Crippen molar-refractivity contribution in [1.29, 1.82) is 0 Å². The molecule has 1 fully saturated rings. The van der Waals surface area contributed by atoms with Gasteiger partial charge < -0.3 is 16.0 Å². The fourth-order valence-electron chi connectivity index (χ4n) is 2.92. The van der Waals surface area contributed by atoms with E-state index in [0.717, 1.165) is 18.6 Å². The van der Waals surface area contributed by atoms with Crippen molar-refractivity contribution in [3.8, 4) is 0 Å². The lowest BCUT2D eigenvalue weighted by molar-refractivity contribution is -0.127. The molecule has 0 saturated carbocycles. The van der Waals surface area contributed by atoms with E-state index in [1.807, 2.05) is 13.8 Å². The van der Waals surface area contributed by atoms with Gasteiger partial charge in [0.25, 0.3) is 0 Å². The lowest BCUT2D eigenvalue weighted by Gasteiger charge is -2.21. The molecule has 1 aromatic carbocycles. The zero-order valence-corrected chi connectivity index (χ0v) is 15.1. The van der Waals surface area contributed by atoms with E-state index in [2.05, 4.69) is 5.32 Å². The van der Waals surface area contributed by atoms with E-state index in [1.54, 1.807) is 0 Å². The Hall–Kier alpha value is -1.73. The van der Waals surface area contributed by atoms with Gasteiger partial charge in [-0.1, -0.05) is 13.8 Å². The Labute approximate surface area is 152 Å². The molecule has 2 amide bonds. The highest BCUT2D eigenvalue weighted by atomic mass is 35.5. The Morgan fingerprint density at radius 3 is 2.64 bits per heavy atom. The first-order valence-electron chi connectivity index (χ1n) is 8.07.